The Bertz CT molecular complexity index is 780. The highest BCUT2D eigenvalue weighted by Gasteiger charge is 2.17. The van der Waals surface area contributed by atoms with Crippen molar-refractivity contribution in [2.45, 2.75) is 13.0 Å². The van der Waals surface area contributed by atoms with Gasteiger partial charge in [0.05, 0.1) is 17.1 Å². The van der Waals surface area contributed by atoms with E-state index in [-0.39, 0.29) is 6.04 Å². The SMILES string of the molecule is CC(c1ccccc1Cl)n1c(N)nc2cc(Cl)ccc21. The van der Waals surface area contributed by atoms with Gasteiger partial charge in [-0.2, -0.15) is 0 Å². The Kier molecular flexibility index (Phi) is 3.32. The first-order valence-corrected chi connectivity index (χ1v) is 7.01. The molecule has 3 aromatic rings. The fourth-order valence-electron chi connectivity index (χ4n) is 2.45. The molecule has 0 aliphatic heterocycles. The number of imidazole rings is 1. The van der Waals surface area contributed by atoms with Crippen LogP contribution in [-0.4, -0.2) is 9.55 Å². The summed E-state index contributed by atoms with van der Waals surface area (Å²) in [5, 5.41) is 1.36. The van der Waals surface area contributed by atoms with E-state index in [0.717, 1.165) is 21.6 Å². The molecular formula is C15H13Cl2N3. The van der Waals surface area contributed by atoms with Crippen LogP contribution >= 0.6 is 23.2 Å². The molecular weight excluding hydrogens is 293 g/mol. The van der Waals surface area contributed by atoms with E-state index in [1.54, 1.807) is 0 Å². The summed E-state index contributed by atoms with van der Waals surface area (Å²) in [5.74, 6) is 0.453. The molecule has 102 valence electrons. The Hall–Kier alpha value is -1.71. The van der Waals surface area contributed by atoms with Crippen LogP contribution < -0.4 is 5.73 Å². The second-order valence-corrected chi connectivity index (χ2v) is 5.51. The molecule has 0 radical (unpaired) electrons. The Morgan fingerprint density at radius 1 is 1.15 bits per heavy atom. The van der Waals surface area contributed by atoms with Gasteiger partial charge in [0, 0.05) is 10.0 Å². The fraction of sp³-hybridized carbons (Fsp3) is 0.133. The molecule has 1 atom stereocenters. The molecule has 0 aliphatic carbocycles. The first-order chi connectivity index (χ1) is 9.58. The summed E-state index contributed by atoms with van der Waals surface area (Å²) in [7, 11) is 0. The molecule has 0 spiro atoms. The first kappa shape index (κ1) is 13.3. The van der Waals surface area contributed by atoms with Crippen LogP contribution in [0.5, 0.6) is 0 Å². The van der Waals surface area contributed by atoms with Crippen LogP contribution in [0.2, 0.25) is 10.0 Å². The second kappa shape index (κ2) is 5.00. The number of nitrogens with two attached hydrogens (primary N) is 1. The van der Waals surface area contributed by atoms with Crippen LogP contribution in [0.25, 0.3) is 11.0 Å². The Morgan fingerprint density at radius 3 is 2.65 bits per heavy atom. The average Bonchev–Trinajstić information content (AvgIpc) is 2.73. The number of rotatable bonds is 2. The zero-order valence-corrected chi connectivity index (χ0v) is 12.4. The standard InChI is InChI=1S/C15H13Cl2N3/c1-9(11-4-2-3-5-12(11)17)20-14-7-6-10(16)8-13(14)19-15(20)18/h2-9H,1H3,(H2,18,19). The number of hydrogen-bond acceptors (Lipinski definition) is 2. The zero-order chi connectivity index (χ0) is 14.3. The molecule has 0 saturated heterocycles. The van der Waals surface area contributed by atoms with Gasteiger partial charge in [-0.3, -0.25) is 0 Å². The van der Waals surface area contributed by atoms with E-state index in [4.69, 9.17) is 28.9 Å². The predicted molar refractivity (Wildman–Crippen MR) is 84.4 cm³/mol. The van der Waals surface area contributed by atoms with Gasteiger partial charge in [0.25, 0.3) is 0 Å². The third-order valence-corrected chi connectivity index (χ3v) is 4.00. The summed E-state index contributed by atoms with van der Waals surface area (Å²) in [6.45, 7) is 2.05. The number of halogens is 2. The number of aromatic nitrogens is 2. The van der Waals surface area contributed by atoms with Crippen molar-refractivity contribution in [1.82, 2.24) is 9.55 Å². The highest BCUT2D eigenvalue weighted by molar-refractivity contribution is 6.31. The van der Waals surface area contributed by atoms with Crippen molar-refractivity contribution in [3.05, 3.63) is 58.1 Å². The monoisotopic (exact) mass is 305 g/mol. The molecule has 3 rings (SSSR count). The molecule has 1 heterocycles. The normalized spacial score (nSPS) is 12.8. The van der Waals surface area contributed by atoms with Crippen molar-refractivity contribution in [3.63, 3.8) is 0 Å². The number of nitrogen functional groups attached to an aromatic ring is 1. The zero-order valence-electron chi connectivity index (χ0n) is 10.8. The summed E-state index contributed by atoms with van der Waals surface area (Å²) in [4.78, 5) is 4.36. The average molecular weight is 306 g/mol. The van der Waals surface area contributed by atoms with Crippen molar-refractivity contribution in [2.75, 3.05) is 5.73 Å². The summed E-state index contributed by atoms with van der Waals surface area (Å²) in [5.41, 5.74) is 8.80. The molecule has 2 aromatic carbocycles. The van der Waals surface area contributed by atoms with Crippen molar-refractivity contribution in [2.24, 2.45) is 0 Å². The van der Waals surface area contributed by atoms with Gasteiger partial charge in [-0.1, -0.05) is 41.4 Å². The van der Waals surface area contributed by atoms with Crippen LogP contribution in [0.4, 0.5) is 5.95 Å². The lowest BCUT2D eigenvalue weighted by Gasteiger charge is -2.17. The van der Waals surface area contributed by atoms with Gasteiger partial charge in [0.1, 0.15) is 0 Å². The first-order valence-electron chi connectivity index (χ1n) is 6.25. The van der Waals surface area contributed by atoms with Gasteiger partial charge in [0.15, 0.2) is 0 Å². The van der Waals surface area contributed by atoms with Crippen LogP contribution in [0.15, 0.2) is 42.5 Å². The molecule has 0 bridgehead atoms. The largest absolute Gasteiger partial charge is 0.369 e. The molecule has 0 fully saturated rings. The molecule has 5 heteroatoms. The highest BCUT2D eigenvalue weighted by Crippen LogP contribution is 2.31. The summed E-state index contributed by atoms with van der Waals surface area (Å²) in [6.07, 6.45) is 0. The maximum atomic E-state index is 6.27. The molecule has 3 nitrogen and oxygen atoms in total. The third kappa shape index (κ3) is 2.13. The summed E-state index contributed by atoms with van der Waals surface area (Å²) < 4.78 is 1.97. The second-order valence-electron chi connectivity index (χ2n) is 4.67. The lowest BCUT2D eigenvalue weighted by atomic mass is 10.1. The third-order valence-electron chi connectivity index (χ3n) is 3.42. The van der Waals surface area contributed by atoms with Gasteiger partial charge in [-0.15, -0.1) is 0 Å². The van der Waals surface area contributed by atoms with E-state index in [2.05, 4.69) is 4.98 Å². The fourth-order valence-corrected chi connectivity index (χ4v) is 2.91. The maximum absolute atomic E-state index is 6.27. The summed E-state index contributed by atoms with van der Waals surface area (Å²) in [6, 6.07) is 13.3. The number of anilines is 1. The maximum Gasteiger partial charge on any atom is 0.201 e. The molecule has 1 aromatic heterocycles. The van der Waals surface area contributed by atoms with Crippen LogP contribution in [0, 0.1) is 0 Å². The topological polar surface area (TPSA) is 43.8 Å². The Labute approximate surface area is 126 Å². The molecule has 0 aliphatic rings. The highest BCUT2D eigenvalue weighted by atomic mass is 35.5. The molecule has 2 N–H and O–H groups in total. The molecule has 1 unspecified atom stereocenters. The van der Waals surface area contributed by atoms with Gasteiger partial charge < -0.3 is 10.3 Å². The van der Waals surface area contributed by atoms with E-state index < -0.39 is 0 Å². The number of nitrogens with zero attached hydrogens (tertiary/aromatic N) is 2. The smallest absolute Gasteiger partial charge is 0.201 e. The minimum Gasteiger partial charge on any atom is -0.369 e. The van der Waals surface area contributed by atoms with Gasteiger partial charge in [0.2, 0.25) is 5.95 Å². The van der Waals surface area contributed by atoms with E-state index in [0.29, 0.717) is 11.0 Å². The van der Waals surface area contributed by atoms with Gasteiger partial charge >= 0.3 is 0 Å². The number of hydrogen-bond donors (Lipinski definition) is 1. The van der Waals surface area contributed by atoms with E-state index in [9.17, 15) is 0 Å². The number of fused-ring (bicyclic) bond motifs is 1. The van der Waals surface area contributed by atoms with E-state index in [1.165, 1.54) is 0 Å². The molecule has 20 heavy (non-hydrogen) atoms. The lowest BCUT2D eigenvalue weighted by molar-refractivity contribution is 0.668. The Morgan fingerprint density at radius 2 is 1.90 bits per heavy atom. The van der Waals surface area contributed by atoms with Crippen LogP contribution in [0.1, 0.15) is 18.5 Å². The number of benzene rings is 2. The van der Waals surface area contributed by atoms with Crippen molar-refractivity contribution >= 4 is 40.2 Å². The molecule has 0 saturated carbocycles. The minimum absolute atomic E-state index is 0.00474. The lowest BCUT2D eigenvalue weighted by Crippen LogP contribution is -2.10. The Balaban J connectivity index is 2.19. The van der Waals surface area contributed by atoms with Crippen molar-refractivity contribution in [1.29, 1.82) is 0 Å². The molecule has 0 amide bonds. The van der Waals surface area contributed by atoms with Crippen LogP contribution in [-0.2, 0) is 0 Å². The summed E-state index contributed by atoms with van der Waals surface area (Å²) >= 11 is 12.3. The van der Waals surface area contributed by atoms with Gasteiger partial charge in [-0.25, -0.2) is 4.98 Å². The van der Waals surface area contributed by atoms with Crippen molar-refractivity contribution < 1.29 is 0 Å². The predicted octanol–water partition coefficient (Wildman–Crippen LogP) is 4.53. The quantitative estimate of drug-likeness (QED) is 0.755. The van der Waals surface area contributed by atoms with Gasteiger partial charge in [-0.05, 0) is 36.8 Å². The van der Waals surface area contributed by atoms with E-state index >= 15 is 0 Å². The minimum atomic E-state index is -0.00474. The van der Waals surface area contributed by atoms with Crippen molar-refractivity contribution in [3.8, 4) is 0 Å². The van der Waals surface area contributed by atoms with Crippen LogP contribution in [0.3, 0.4) is 0 Å². The van der Waals surface area contributed by atoms with E-state index in [1.807, 2.05) is 54.0 Å².